The smallest absolute Gasteiger partial charge is 0.173 e. The molecule has 8 heteroatoms. The molecule has 1 aliphatic heterocycles. The van der Waals surface area contributed by atoms with Crippen LogP contribution in [0.1, 0.15) is 11.1 Å². The van der Waals surface area contributed by atoms with Crippen molar-refractivity contribution in [2.24, 2.45) is 0 Å². The summed E-state index contributed by atoms with van der Waals surface area (Å²) in [6.07, 6.45) is 0. The summed E-state index contributed by atoms with van der Waals surface area (Å²) in [5, 5.41) is 4.05. The highest BCUT2D eigenvalue weighted by Gasteiger charge is 2.17. The molecule has 0 aromatic heterocycles. The fourth-order valence-electron chi connectivity index (χ4n) is 3.64. The molecule has 1 fully saturated rings. The van der Waals surface area contributed by atoms with Crippen molar-refractivity contribution in [1.29, 1.82) is 0 Å². The number of hydrogen-bond donors (Lipinski definition) is 1. The molecule has 0 saturated carbocycles. The first-order valence-electron chi connectivity index (χ1n) is 10.8. The van der Waals surface area contributed by atoms with Gasteiger partial charge in [0.2, 0.25) is 0 Å². The van der Waals surface area contributed by atoms with E-state index in [9.17, 15) is 0 Å². The highest BCUT2D eigenvalue weighted by atomic mass is 32.1. The van der Waals surface area contributed by atoms with Crippen molar-refractivity contribution in [2.75, 3.05) is 66.0 Å². The molecule has 1 N–H and O–H groups in total. The number of benzene rings is 2. The highest BCUT2D eigenvalue weighted by molar-refractivity contribution is 7.80. The van der Waals surface area contributed by atoms with Gasteiger partial charge in [-0.1, -0.05) is 12.1 Å². The lowest BCUT2D eigenvalue weighted by Crippen LogP contribution is -2.43. The van der Waals surface area contributed by atoms with Crippen LogP contribution in [0.4, 0.5) is 5.69 Å². The second kappa shape index (κ2) is 11.9. The quantitative estimate of drug-likeness (QED) is 0.572. The topological polar surface area (TPSA) is 55.4 Å². The Morgan fingerprint density at radius 1 is 1.00 bits per heavy atom. The van der Waals surface area contributed by atoms with Crippen molar-refractivity contribution in [2.45, 2.75) is 13.5 Å². The number of methoxy groups -OCH3 is 3. The average molecular weight is 460 g/mol. The van der Waals surface area contributed by atoms with E-state index in [1.807, 2.05) is 43.3 Å². The van der Waals surface area contributed by atoms with Gasteiger partial charge in [0.25, 0.3) is 0 Å². The zero-order chi connectivity index (χ0) is 22.9. The third-order valence-corrected chi connectivity index (χ3v) is 5.92. The Labute approximate surface area is 196 Å². The lowest BCUT2D eigenvalue weighted by atomic mass is 10.2. The third kappa shape index (κ3) is 6.48. The minimum Gasteiger partial charge on any atom is -0.496 e. The van der Waals surface area contributed by atoms with Gasteiger partial charge in [0, 0.05) is 44.5 Å². The molecule has 0 radical (unpaired) electrons. The van der Waals surface area contributed by atoms with Gasteiger partial charge < -0.3 is 29.2 Å². The van der Waals surface area contributed by atoms with Gasteiger partial charge in [-0.3, -0.25) is 4.90 Å². The first-order valence-corrected chi connectivity index (χ1v) is 11.2. The third-order valence-electron chi connectivity index (χ3n) is 5.56. The maximum atomic E-state index is 5.82. The lowest BCUT2D eigenvalue weighted by Gasteiger charge is -2.31. The number of anilines is 1. The molecular formula is C24H33N3O4S. The van der Waals surface area contributed by atoms with E-state index in [1.165, 1.54) is 0 Å². The number of hydrogen-bond acceptors (Lipinski definition) is 6. The van der Waals surface area contributed by atoms with E-state index >= 15 is 0 Å². The molecule has 0 bridgehead atoms. The Bertz CT molecular complexity index is 903. The van der Waals surface area contributed by atoms with Crippen molar-refractivity contribution in [3.63, 3.8) is 0 Å². The molecule has 1 aliphatic rings. The van der Waals surface area contributed by atoms with E-state index in [-0.39, 0.29) is 0 Å². The predicted molar refractivity (Wildman–Crippen MR) is 131 cm³/mol. The van der Waals surface area contributed by atoms with Crippen LogP contribution in [0, 0.1) is 6.92 Å². The molecule has 0 amide bonds. The molecule has 2 aromatic rings. The van der Waals surface area contributed by atoms with Crippen molar-refractivity contribution in [3.8, 4) is 17.2 Å². The van der Waals surface area contributed by atoms with Gasteiger partial charge in [-0.2, -0.15) is 0 Å². The molecule has 0 spiro atoms. The Balaban J connectivity index is 1.75. The van der Waals surface area contributed by atoms with Gasteiger partial charge >= 0.3 is 0 Å². The number of morpholine rings is 1. The maximum absolute atomic E-state index is 5.82. The van der Waals surface area contributed by atoms with Gasteiger partial charge in [0.15, 0.2) is 16.6 Å². The average Bonchev–Trinajstić information content (AvgIpc) is 2.83. The molecule has 7 nitrogen and oxygen atoms in total. The molecule has 32 heavy (non-hydrogen) atoms. The molecule has 174 valence electrons. The normalized spacial score (nSPS) is 14.0. The van der Waals surface area contributed by atoms with Gasteiger partial charge in [-0.05, 0) is 48.5 Å². The summed E-state index contributed by atoms with van der Waals surface area (Å²) in [6, 6.07) is 12.0. The Kier molecular flexibility index (Phi) is 8.96. The highest BCUT2D eigenvalue weighted by Crippen LogP contribution is 2.28. The molecule has 1 saturated heterocycles. The fourth-order valence-corrected chi connectivity index (χ4v) is 3.91. The molecule has 2 aromatic carbocycles. The largest absolute Gasteiger partial charge is 0.496 e. The summed E-state index contributed by atoms with van der Waals surface area (Å²) in [5.74, 6) is 2.25. The Morgan fingerprint density at radius 2 is 1.72 bits per heavy atom. The molecule has 3 rings (SSSR count). The zero-order valence-corrected chi connectivity index (χ0v) is 20.2. The van der Waals surface area contributed by atoms with Gasteiger partial charge in [-0.25, -0.2) is 0 Å². The Morgan fingerprint density at radius 3 is 2.41 bits per heavy atom. The molecular weight excluding hydrogens is 426 g/mol. The zero-order valence-electron chi connectivity index (χ0n) is 19.3. The second-order valence-electron chi connectivity index (χ2n) is 7.68. The summed E-state index contributed by atoms with van der Waals surface area (Å²) in [4.78, 5) is 4.58. The monoisotopic (exact) mass is 459 g/mol. The summed E-state index contributed by atoms with van der Waals surface area (Å²) in [7, 11) is 4.96. The van der Waals surface area contributed by atoms with Crippen LogP contribution in [0.3, 0.4) is 0 Å². The number of thiocarbonyl (C=S) groups is 1. The lowest BCUT2D eigenvalue weighted by molar-refractivity contribution is 0.0358. The fraction of sp³-hybridized carbons (Fsp3) is 0.458. The molecule has 0 unspecified atom stereocenters. The molecule has 0 atom stereocenters. The van der Waals surface area contributed by atoms with E-state index in [0.29, 0.717) is 23.2 Å². The maximum Gasteiger partial charge on any atom is 0.173 e. The number of ether oxygens (including phenoxy) is 4. The number of rotatable bonds is 9. The summed E-state index contributed by atoms with van der Waals surface area (Å²) >= 11 is 5.82. The number of nitrogens with zero attached hydrogens (tertiary/aromatic N) is 2. The SMILES string of the molecule is COc1cc(NC(=S)N(CCN2CCOCC2)Cc2ccc(OC)c(OC)c2)ccc1C. The van der Waals surface area contributed by atoms with Crippen LogP contribution in [0.5, 0.6) is 17.2 Å². The summed E-state index contributed by atoms with van der Waals surface area (Å²) in [6.45, 7) is 7.83. The minimum atomic E-state index is 0.652. The van der Waals surface area contributed by atoms with Crippen molar-refractivity contribution in [1.82, 2.24) is 9.80 Å². The van der Waals surface area contributed by atoms with Gasteiger partial charge in [-0.15, -0.1) is 0 Å². The van der Waals surface area contributed by atoms with Crippen molar-refractivity contribution in [3.05, 3.63) is 47.5 Å². The first kappa shape index (κ1) is 24.1. The van der Waals surface area contributed by atoms with Crippen molar-refractivity contribution < 1.29 is 18.9 Å². The second-order valence-corrected chi connectivity index (χ2v) is 8.07. The van der Waals surface area contributed by atoms with Crippen LogP contribution in [-0.2, 0) is 11.3 Å². The van der Waals surface area contributed by atoms with E-state index in [4.69, 9.17) is 31.2 Å². The van der Waals surface area contributed by atoms with E-state index in [2.05, 4.69) is 15.1 Å². The van der Waals surface area contributed by atoms with Crippen LogP contribution >= 0.6 is 12.2 Å². The molecule has 1 heterocycles. The van der Waals surface area contributed by atoms with E-state index < -0.39 is 0 Å². The standard InChI is InChI=1S/C24H33N3O4S/c1-18-5-7-20(16-22(18)29-3)25-24(32)27(10-9-26-11-13-31-14-12-26)17-19-6-8-21(28-2)23(15-19)30-4/h5-8,15-16H,9-14,17H2,1-4H3,(H,25,32). The molecule has 0 aliphatic carbocycles. The minimum absolute atomic E-state index is 0.652. The summed E-state index contributed by atoms with van der Waals surface area (Å²) in [5.41, 5.74) is 3.08. The van der Waals surface area contributed by atoms with Crippen LogP contribution < -0.4 is 19.5 Å². The first-order chi connectivity index (χ1) is 15.5. The van der Waals surface area contributed by atoms with Crippen LogP contribution in [-0.4, -0.2) is 75.6 Å². The predicted octanol–water partition coefficient (Wildman–Crippen LogP) is 3.55. The van der Waals surface area contributed by atoms with E-state index in [0.717, 1.165) is 62.0 Å². The van der Waals surface area contributed by atoms with E-state index in [1.54, 1.807) is 21.3 Å². The van der Waals surface area contributed by atoms with Gasteiger partial charge in [0.1, 0.15) is 5.75 Å². The van der Waals surface area contributed by atoms with Crippen LogP contribution in [0.25, 0.3) is 0 Å². The van der Waals surface area contributed by atoms with Gasteiger partial charge in [0.05, 0.1) is 34.5 Å². The Hall–Kier alpha value is -2.55. The van der Waals surface area contributed by atoms with Crippen molar-refractivity contribution >= 4 is 23.0 Å². The van der Waals surface area contributed by atoms with Crippen LogP contribution in [0.2, 0.25) is 0 Å². The van der Waals surface area contributed by atoms with Crippen LogP contribution in [0.15, 0.2) is 36.4 Å². The number of nitrogens with one attached hydrogen (secondary N) is 1. The summed E-state index contributed by atoms with van der Waals surface area (Å²) < 4.78 is 21.8. The number of aryl methyl sites for hydroxylation is 1.